The van der Waals surface area contributed by atoms with Crippen LogP contribution in [-0.4, -0.2) is 6.10 Å². The van der Waals surface area contributed by atoms with E-state index in [-0.39, 0.29) is 6.10 Å². The summed E-state index contributed by atoms with van der Waals surface area (Å²) >= 11 is 3.47. The molecule has 0 saturated heterocycles. The largest absolute Gasteiger partial charge is 0.489 e. The van der Waals surface area contributed by atoms with Gasteiger partial charge in [0, 0.05) is 22.8 Å². The van der Waals surface area contributed by atoms with Crippen LogP contribution >= 0.6 is 15.9 Å². The SMILES string of the molecule is CC(C)Oc1cc(NCc2cccc(Br)c2)ccc1N. The molecule has 0 radical (unpaired) electrons. The van der Waals surface area contributed by atoms with Crippen molar-refractivity contribution in [3.63, 3.8) is 0 Å². The summed E-state index contributed by atoms with van der Waals surface area (Å²) in [5.41, 5.74) is 8.77. The first kappa shape index (κ1) is 14.7. The summed E-state index contributed by atoms with van der Waals surface area (Å²) < 4.78 is 6.77. The molecular weight excluding hydrogens is 316 g/mol. The van der Waals surface area contributed by atoms with Crippen molar-refractivity contribution >= 4 is 27.3 Å². The Morgan fingerprint density at radius 1 is 1.20 bits per heavy atom. The van der Waals surface area contributed by atoms with Crippen LogP contribution in [-0.2, 0) is 6.54 Å². The minimum Gasteiger partial charge on any atom is -0.489 e. The van der Waals surface area contributed by atoms with Crippen molar-refractivity contribution in [3.05, 3.63) is 52.5 Å². The maximum Gasteiger partial charge on any atom is 0.144 e. The predicted molar refractivity (Wildman–Crippen MR) is 88.1 cm³/mol. The first-order chi connectivity index (χ1) is 9.54. The van der Waals surface area contributed by atoms with Gasteiger partial charge in [0.1, 0.15) is 5.75 Å². The Morgan fingerprint density at radius 2 is 2.00 bits per heavy atom. The molecule has 2 aromatic rings. The molecule has 0 heterocycles. The third-order valence-electron chi connectivity index (χ3n) is 2.76. The van der Waals surface area contributed by atoms with Gasteiger partial charge in [-0.3, -0.25) is 0 Å². The van der Waals surface area contributed by atoms with Gasteiger partial charge in [0.2, 0.25) is 0 Å². The summed E-state index contributed by atoms with van der Waals surface area (Å²) in [7, 11) is 0. The summed E-state index contributed by atoms with van der Waals surface area (Å²) in [5.74, 6) is 0.722. The first-order valence-electron chi connectivity index (χ1n) is 6.59. The normalized spacial score (nSPS) is 10.6. The van der Waals surface area contributed by atoms with Crippen molar-refractivity contribution < 1.29 is 4.74 Å². The molecule has 0 amide bonds. The van der Waals surface area contributed by atoms with E-state index in [4.69, 9.17) is 10.5 Å². The molecule has 0 aliphatic carbocycles. The van der Waals surface area contributed by atoms with Gasteiger partial charge in [-0.1, -0.05) is 28.1 Å². The van der Waals surface area contributed by atoms with E-state index in [1.54, 1.807) is 0 Å². The topological polar surface area (TPSA) is 47.3 Å². The number of ether oxygens (including phenoxy) is 1. The zero-order valence-electron chi connectivity index (χ0n) is 11.7. The molecule has 2 rings (SSSR count). The second-order valence-electron chi connectivity index (χ2n) is 4.90. The summed E-state index contributed by atoms with van der Waals surface area (Å²) in [6.45, 7) is 4.73. The van der Waals surface area contributed by atoms with Crippen LogP contribution < -0.4 is 15.8 Å². The van der Waals surface area contributed by atoms with Crippen molar-refractivity contribution in [1.82, 2.24) is 0 Å². The third-order valence-corrected chi connectivity index (χ3v) is 3.26. The lowest BCUT2D eigenvalue weighted by Crippen LogP contribution is -2.08. The number of hydrogen-bond acceptors (Lipinski definition) is 3. The first-order valence-corrected chi connectivity index (χ1v) is 7.38. The number of nitrogen functional groups attached to an aromatic ring is 1. The van der Waals surface area contributed by atoms with Gasteiger partial charge in [-0.25, -0.2) is 0 Å². The molecule has 3 nitrogen and oxygen atoms in total. The predicted octanol–water partition coefficient (Wildman–Crippen LogP) is 4.43. The fourth-order valence-electron chi connectivity index (χ4n) is 1.85. The molecule has 0 aromatic heterocycles. The van der Waals surface area contributed by atoms with E-state index in [9.17, 15) is 0 Å². The summed E-state index contributed by atoms with van der Waals surface area (Å²) in [6, 6.07) is 14.0. The van der Waals surface area contributed by atoms with Crippen molar-refractivity contribution in [3.8, 4) is 5.75 Å². The fourth-order valence-corrected chi connectivity index (χ4v) is 2.30. The Bertz CT molecular complexity index is 584. The number of halogens is 1. The third kappa shape index (κ3) is 4.17. The maximum absolute atomic E-state index is 5.91. The van der Waals surface area contributed by atoms with Crippen molar-refractivity contribution in [2.45, 2.75) is 26.5 Å². The van der Waals surface area contributed by atoms with E-state index < -0.39 is 0 Å². The second-order valence-corrected chi connectivity index (χ2v) is 5.82. The Hall–Kier alpha value is -1.68. The summed E-state index contributed by atoms with van der Waals surface area (Å²) in [6.07, 6.45) is 0.109. The molecular formula is C16H19BrN2O. The Kier molecular flexibility index (Phi) is 4.90. The highest BCUT2D eigenvalue weighted by Gasteiger charge is 2.04. The highest BCUT2D eigenvalue weighted by Crippen LogP contribution is 2.26. The van der Waals surface area contributed by atoms with Crippen LogP contribution in [0, 0.1) is 0 Å². The van der Waals surface area contributed by atoms with Gasteiger partial charge < -0.3 is 15.8 Å². The monoisotopic (exact) mass is 334 g/mol. The molecule has 3 N–H and O–H groups in total. The van der Waals surface area contributed by atoms with Gasteiger partial charge in [-0.15, -0.1) is 0 Å². The lowest BCUT2D eigenvalue weighted by molar-refractivity contribution is 0.244. The van der Waals surface area contributed by atoms with E-state index in [1.165, 1.54) is 5.56 Å². The maximum atomic E-state index is 5.91. The number of anilines is 2. The molecule has 4 heteroatoms. The number of nitrogens with two attached hydrogens (primary N) is 1. The van der Waals surface area contributed by atoms with Gasteiger partial charge in [0.05, 0.1) is 11.8 Å². The zero-order valence-corrected chi connectivity index (χ0v) is 13.3. The van der Waals surface area contributed by atoms with Crippen LogP contribution in [0.25, 0.3) is 0 Å². The minimum absolute atomic E-state index is 0.109. The van der Waals surface area contributed by atoms with Crippen LogP contribution in [0.4, 0.5) is 11.4 Å². The van der Waals surface area contributed by atoms with Crippen LogP contribution in [0.3, 0.4) is 0 Å². The smallest absolute Gasteiger partial charge is 0.144 e. The quantitative estimate of drug-likeness (QED) is 0.795. The number of benzene rings is 2. The molecule has 2 aromatic carbocycles. The average Bonchev–Trinajstić information content (AvgIpc) is 2.39. The van der Waals surface area contributed by atoms with Crippen molar-refractivity contribution in [2.24, 2.45) is 0 Å². The van der Waals surface area contributed by atoms with Crippen molar-refractivity contribution in [2.75, 3.05) is 11.1 Å². The molecule has 0 saturated carbocycles. The minimum atomic E-state index is 0.109. The van der Waals surface area contributed by atoms with Crippen LogP contribution in [0.2, 0.25) is 0 Å². The number of hydrogen-bond donors (Lipinski definition) is 2. The van der Waals surface area contributed by atoms with E-state index in [0.717, 1.165) is 22.5 Å². The Labute approximate surface area is 128 Å². The fraction of sp³-hybridized carbons (Fsp3) is 0.250. The molecule has 106 valence electrons. The summed E-state index contributed by atoms with van der Waals surface area (Å²) in [4.78, 5) is 0. The number of rotatable bonds is 5. The lowest BCUT2D eigenvalue weighted by atomic mass is 10.2. The van der Waals surface area contributed by atoms with Gasteiger partial charge in [0.15, 0.2) is 0 Å². The van der Waals surface area contributed by atoms with E-state index in [0.29, 0.717) is 5.69 Å². The standard InChI is InChI=1S/C16H19BrN2O/c1-11(2)20-16-9-14(6-7-15(16)18)19-10-12-4-3-5-13(17)8-12/h3-9,11,19H,10,18H2,1-2H3. The molecule has 0 aliphatic heterocycles. The van der Waals surface area contributed by atoms with E-state index >= 15 is 0 Å². The highest BCUT2D eigenvalue weighted by atomic mass is 79.9. The molecule has 0 spiro atoms. The Morgan fingerprint density at radius 3 is 2.70 bits per heavy atom. The molecule has 0 unspecified atom stereocenters. The summed E-state index contributed by atoms with van der Waals surface area (Å²) in [5, 5.41) is 3.37. The Balaban J connectivity index is 2.06. The lowest BCUT2D eigenvalue weighted by Gasteiger charge is -2.14. The molecule has 0 atom stereocenters. The second kappa shape index (κ2) is 6.66. The van der Waals surface area contributed by atoms with Crippen LogP contribution in [0.5, 0.6) is 5.75 Å². The molecule has 0 fully saturated rings. The number of nitrogens with one attached hydrogen (secondary N) is 1. The van der Waals surface area contributed by atoms with Gasteiger partial charge in [0.25, 0.3) is 0 Å². The van der Waals surface area contributed by atoms with Gasteiger partial charge in [-0.2, -0.15) is 0 Å². The van der Waals surface area contributed by atoms with E-state index in [1.807, 2.05) is 44.2 Å². The van der Waals surface area contributed by atoms with Crippen LogP contribution in [0.15, 0.2) is 46.9 Å². The molecule has 20 heavy (non-hydrogen) atoms. The van der Waals surface area contributed by atoms with Gasteiger partial charge >= 0.3 is 0 Å². The molecule has 0 bridgehead atoms. The van der Waals surface area contributed by atoms with Crippen molar-refractivity contribution in [1.29, 1.82) is 0 Å². The molecule has 0 aliphatic rings. The highest BCUT2D eigenvalue weighted by molar-refractivity contribution is 9.10. The zero-order chi connectivity index (χ0) is 14.5. The van der Waals surface area contributed by atoms with Crippen LogP contribution in [0.1, 0.15) is 19.4 Å². The van der Waals surface area contributed by atoms with Gasteiger partial charge in [-0.05, 0) is 43.7 Å². The average molecular weight is 335 g/mol. The van der Waals surface area contributed by atoms with E-state index in [2.05, 4.69) is 33.4 Å².